The lowest BCUT2D eigenvalue weighted by molar-refractivity contribution is 0.0998. The van der Waals surface area contributed by atoms with Crippen molar-refractivity contribution in [3.63, 3.8) is 0 Å². The van der Waals surface area contributed by atoms with Crippen LogP contribution in [-0.4, -0.2) is 5.91 Å². The molecule has 0 saturated carbocycles. The van der Waals surface area contributed by atoms with E-state index in [0.717, 1.165) is 10.9 Å². The van der Waals surface area contributed by atoms with Crippen molar-refractivity contribution < 1.29 is 13.6 Å². The van der Waals surface area contributed by atoms with Crippen molar-refractivity contribution in [1.29, 1.82) is 0 Å². The summed E-state index contributed by atoms with van der Waals surface area (Å²) in [6.45, 7) is 3.59. The number of aryl methyl sites for hydroxylation is 2. The summed E-state index contributed by atoms with van der Waals surface area (Å²) in [5, 5.41) is 3.67. The molecule has 0 aliphatic carbocycles. The highest BCUT2D eigenvalue weighted by atomic mass is 19.1. The van der Waals surface area contributed by atoms with Crippen LogP contribution in [0.1, 0.15) is 21.7 Å². The van der Waals surface area contributed by atoms with Gasteiger partial charge < -0.3 is 9.73 Å². The molecule has 0 bridgehead atoms. The predicted octanol–water partition coefficient (Wildman–Crippen LogP) is 4.44. The summed E-state index contributed by atoms with van der Waals surface area (Å²) < 4.78 is 18.7. The number of carbonyl (C=O) groups excluding carboxylic acids is 1. The van der Waals surface area contributed by atoms with E-state index in [4.69, 9.17) is 4.42 Å². The van der Waals surface area contributed by atoms with Gasteiger partial charge in [-0.05, 0) is 43.7 Å². The van der Waals surface area contributed by atoms with Crippen LogP contribution in [0.2, 0.25) is 0 Å². The van der Waals surface area contributed by atoms with Crippen LogP contribution in [0.15, 0.2) is 46.9 Å². The molecule has 0 spiro atoms. The number of amides is 1. The topological polar surface area (TPSA) is 42.2 Å². The Morgan fingerprint density at radius 2 is 1.90 bits per heavy atom. The zero-order valence-corrected chi connectivity index (χ0v) is 11.7. The smallest absolute Gasteiger partial charge is 0.291 e. The molecule has 3 rings (SSSR count). The molecule has 0 radical (unpaired) electrons. The molecule has 106 valence electrons. The lowest BCUT2D eigenvalue weighted by Crippen LogP contribution is -2.13. The number of anilines is 1. The van der Waals surface area contributed by atoms with E-state index >= 15 is 0 Å². The Morgan fingerprint density at radius 1 is 1.14 bits per heavy atom. The SMILES string of the molecule is Cc1cc(F)ccc1NC(=O)c1oc2ccccc2c1C. The van der Waals surface area contributed by atoms with Gasteiger partial charge in [-0.2, -0.15) is 0 Å². The summed E-state index contributed by atoms with van der Waals surface area (Å²) in [7, 11) is 0. The van der Waals surface area contributed by atoms with Gasteiger partial charge in [-0.25, -0.2) is 4.39 Å². The average Bonchev–Trinajstić information content (AvgIpc) is 2.80. The first-order chi connectivity index (χ1) is 10.1. The number of fused-ring (bicyclic) bond motifs is 1. The quantitative estimate of drug-likeness (QED) is 0.755. The molecule has 0 atom stereocenters. The zero-order chi connectivity index (χ0) is 15.0. The molecule has 0 aliphatic heterocycles. The summed E-state index contributed by atoms with van der Waals surface area (Å²) in [6, 6.07) is 11.7. The van der Waals surface area contributed by atoms with Gasteiger partial charge in [-0.3, -0.25) is 4.79 Å². The average molecular weight is 283 g/mol. The van der Waals surface area contributed by atoms with Gasteiger partial charge in [0.25, 0.3) is 5.91 Å². The van der Waals surface area contributed by atoms with Crippen molar-refractivity contribution in [2.45, 2.75) is 13.8 Å². The number of para-hydroxylation sites is 1. The Balaban J connectivity index is 1.95. The molecule has 0 saturated heterocycles. The van der Waals surface area contributed by atoms with Crippen LogP contribution in [0.3, 0.4) is 0 Å². The first-order valence-corrected chi connectivity index (χ1v) is 6.62. The number of hydrogen-bond acceptors (Lipinski definition) is 2. The molecule has 0 unspecified atom stereocenters. The van der Waals surface area contributed by atoms with Crippen molar-refractivity contribution in [2.24, 2.45) is 0 Å². The Kier molecular flexibility index (Phi) is 3.22. The molecule has 2 aromatic carbocycles. The van der Waals surface area contributed by atoms with Gasteiger partial charge in [0, 0.05) is 16.6 Å². The lowest BCUT2D eigenvalue weighted by atomic mass is 10.1. The summed E-state index contributed by atoms with van der Waals surface area (Å²) in [5.41, 5.74) is 2.71. The Morgan fingerprint density at radius 3 is 2.62 bits per heavy atom. The first-order valence-electron chi connectivity index (χ1n) is 6.62. The van der Waals surface area contributed by atoms with Gasteiger partial charge >= 0.3 is 0 Å². The molecule has 4 heteroatoms. The molecule has 1 aromatic heterocycles. The van der Waals surface area contributed by atoms with Crippen LogP contribution in [0.25, 0.3) is 11.0 Å². The second-order valence-corrected chi connectivity index (χ2v) is 4.97. The molecule has 21 heavy (non-hydrogen) atoms. The second-order valence-electron chi connectivity index (χ2n) is 4.97. The van der Waals surface area contributed by atoms with E-state index < -0.39 is 0 Å². The molecular formula is C17H14FNO2. The molecule has 0 aliphatic rings. The van der Waals surface area contributed by atoms with Crippen molar-refractivity contribution >= 4 is 22.6 Å². The van der Waals surface area contributed by atoms with Crippen LogP contribution in [0.4, 0.5) is 10.1 Å². The molecular weight excluding hydrogens is 269 g/mol. The van der Waals surface area contributed by atoms with E-state index in [1.54, 1.807) is 13.0 Å². The number of benzene rings is 2. The first kappa shape index (κ1) is 13.4. The largest absolute Gasteiger partial charge is 0.451 e. The summed E-state index contributed by atoms with van der Waals surface area (Å²) in [5.74, 6) is -0.385. The van der Waals surface area contributed by atoms with Gasteiger partial charge in [0.15, 0.2) is 5.76 Å². The number of rotatable bonds is 2. The van der Waals surface area contributed by atoms with Crippen molar-refractivity contribution in [2.75, 3.05) is 5.32 Å². The molecule has 0 fully saturated rings. The molecule has 3 nitrogen and oxygen atoms in total. The monoisotopic (exact) mass is 283 g/mol. The minimum Gasteiger partial charge on any atom is -0.451 e. The van der Waals surface area contributed by atoms with Gasteiger partial charge in [-0.1, -0.05) is 18.2 Å². The number of carbonyl (C=O) groups is 1. The summed E-state index contributed by atoms with van der Waals surface area (Å²) >= 11 is 0. The predicted molar refractivity (Wildman–Crippen MR) is 80.0 cm³/mol. The maximum Gasteiger partial charge on any atom is 0.291 e. The van der Waals surface area contributed by atoms with E-state index in [2.05, 4.69) is 5.32 Å². The van der Waals surface area contributed by atoms with E-state index in [-0.39, 0.29) is 17.5 Å². The van der Waals surface area contributed by atoms with E-state index in [0.29, 0.717) is 16.8 Å². The number of halogens is 1. The van der Waals surface area contributed by atoms with Crippen LogP contribution < -0.4 is 5.32 Å². The summed E-state index contributed by atoms with van der Waals surface area (Å²) in [4.78, 5) is 12.3. The third kappa shape index (κ3) is 2.40. The highest BCUT2D eigenvalue weighted by Gasteiger charge is 2.18. The van der Waals surface area contributed by atoms with Crippen molar-refractivity contribution in [1.82, 2.24) is 0 Å². The minimum atomic E-state index is -0.335. The fraction of sp³-hybridized carbons (Fsp3) is 0.118. The highest BCUT2D eigenvalue weighted by Crippen LogP contribution is 2.26. The van der Waals surface area contributed by atoms with Crippen LogP contribution >= 0.6 is 0 Å². The molecule has 1 heterocycles. The number of furan rings is 1. The molecule has 3 aromatic rings. The minimum absolute atomic E-state index is 0.278. The van der Waals surface area contributed by atoms with Crippen LogP contribution in [0, 0.1) is 19.7 Å². The van der Waals surface area contributed by atoms with Crippen LogP contribution in [0.5, 0.6) is 0 Å². The highest BCUT2D eigenvalue weighted by molar-refractivity contribution is 6.06. The molecule has 1 N–H and O–H groups in total. The van der Waals surface area contributed by atoms with Crippen molar-refractivity contribution in [3.8, 4) is 0 Å². The summed E-state index contributed by atoms with van der Waals surface area (Å²) in [6.07, 6.45) is 0. The number of nitrogens with one attached hydrogen (secondary N) is 1. The fourth-order valence-electron chi connectivity index (χ4n) is 2.34. The number of hydrogen-bond donors (Lipinski definition) is 1. The Bertz CT molecular complexity index is 836. The van der Waals surface area contributed by atoms with Gasteiger partial charge in [0.2, 0.25) is 0 Å². The van der Waals surface area contributed by atoms with Crippen LogP contribution in [-0.2, 0) is 0 Å². The second kappa shape index (κ2) is 5.05. The van der Waals surface area contributed by atoms with Crippen molar-refractivity contribution in [3.05, 3.63) is 65.2 Å². The maximum atomic E-state index is 13.1. The van der Waals surface area contributed by atoms with Gasteiger partial charge in [-0.15, -0.1) is 0 Å². The van der Waals surface area contributed by atoms with E-state index in [9.17, 15) is 9.18 Å². The normalized spacial score (nSPS) is 10.8. The van der Waals surface area contributed by atoms with E-state index in [1.165, 1.54) is 12.1 Å². The van der Waals surface area contributed by atoms with E-state index in [1.807, 2.05) is 31.2 Å². The Hall–Kier alpha value is -2.62. The third-order valence-electron chi connectivity index (χ3n) is 3.49. The lowest BCUT2D eigenvalue weighted by Gasteiger charge is -2.07. The van der Waals surface area contributed by atoms with Gasteiger partial charge in [0.05, 0.1) is 0 Å². The van der Waals surface area contributed by atoms with Gasteiger partial charge in [0.1, 0.15) is 11.4 Å². The molecule has 1 amide bonds. The maximum absolute atomic E-state index is 13.1. The zero-order valence-electron chi connectivity index (χ0n) is 11.7. The fourth-order valence-corrected chi connectivity index (χ4v) is 2.34. The Labute approximate surface area is 121 Å². The third-order valence-corrected chi connectivity index (χ3v) is 3.49. The standard InChI is InChI=1S/C17H14FNO2/c1-10-9-12(18)7-8-14(10)19-17(20)16-11(2)13-5-3-4-6-15(13)21-16/h3-9H,1-2H3,(H,19,20).